The maximum absolute atomic E-state index is 14.1. The number of nitrogens with zero attached hydrogens (tertiary/aromatic N) is 1. The van der Waals surface area contributed by atoms with Gasteiger partial charge in [0.15, 0.2) is 0 Å². The number of hydrogen-bond acceptors (Lipinski definition) is 2. The summed E-state index contributed by atoms with van der Waals surface area (Å²) in [6.45, 7) is 14.3. The number of hydrogen-bond donors (Lipinski definition) is 2. The van der Waals surface area contributed by atoms with E-state index in [2.05, 4.69) is 80.5 Å². The molecule has 178 valence electrons. The highest BCUT2D eigenvalue weighted by molar-refractivity contribution is 5.91. The first-order valence-corrected chi connectivity index (χ1v) is 12.2. The molecular weight excluding hydrogens is 418 g/mol. The van der Waals surface area contributed by atoms with Gasteiger partial charge >= 0.3 is 0 Å². The number of aromatic nitrogens is 1. The van der Waals surface area contributed by atoms with Crippen LogP contribution in [-0.2, 0) is 15.7 Å². The summed E-state index contributed by atoms with van der Waals surface area (Å²) >= 11 is 0. The van der Waals surface area contributed by atoms with Crippen LogP contribution in [0.15, 0.2) is 73.4 Å². The number of benzene rings is 1. The lowest BCUT2D eigenvalue weighted by Crippen LogP contribution is -2.44. The number of pyridine rings is 1. The second-order valence-corrected chi connectivity index (χ2v) is 10.5. The van der Waals surface area contributed by atoms with Gasteiger partial charge in [0.25, 0.3) is 0 Å². The summed E-state index contributed by atoms with van der Waals surface area (Å²) in [5, 5.41) is 11.8. The Labute approximate surface area is 203 Å². The molecule has 0 bridgehead atoms. The number of amides is 1. The maximum atomic E-state index is 14.1. The summed E-state index contributed by atoms with van der Waals surface area (Å²) in [6, 6.07) is 18.7. The monoisotopic (exact) mass is 455 g/mol. The summed E-state index contributed by atoms with van der Waals surface area (Å²) in [5.74, 6) is -0.167. The molecule has 2 heterocycles. The summed E-state index contributed by atoms with van der Waals surface area (Å²) < 4.78 is 2.17. The molecule has 0 aliphatic heterocycles. The highest BCUT2D eigenvalue weighted by Gasteiger charge is 2.77. The van der Waals surface area contributed by atoms with Gasteiger partial charge < -0.3 is 15.1 Å². The number of rotatable bonds is 9. The van der Waals surface area contributed by atoms with Crippen molar-refractivity contribution < 1.29 is 4.79 Å². The molecule has 1 aromatic carbocycles. The Bertz CT molecular complexity index is 1240. The average Bonchev–Trinajstić information content (AvgIpc) is 3.10. The Morgan fingerprint density at radius 3 is 2.50 bits per heavy atom. The quantitative estimate of drug-likeness (QED) is 0.278. The minimum Gasteiger partial charge on any atom is -0.345 e. The third-order valence-electron chi connectivity index (χ3n) is 8.06. The van der Waals surface area contributed by atoms with Crippen LogP contribution in [0.5, 0.6) is 0 Å². The second-order valence-electron chi connectivity index (χ2n) is 10.5. The molecule has 3 atom stereocenters. The Balaban J connectivity index is 1.76. The molecule has 34 heavy (non-hydrogen) atoms. The van der Waals surface area contributed by atoms with Gasteiger partial charge in [-0.15, -0.1) is 6.58 Å². The largest absolute Gasteiger partial charge is 0.345 e. The van der Waals surface area contributed by atoms with Crippen LogP contribution in [0.4, 0.5) is 0 Å². The lowest BCUT2D eigenvalue weighted by molar-refractivity contribution is -0.125. The predicted molar refractivity (Wildman–Crippen MR) is 140 cm³/mol. The Morgan fingerprint density at radius 1 is 1.18 bits per heavy atom. The molecule has 4 nitrogen and oxygen atoms in total. The number of carbonyl (C=O) groups is 1. The van der Waals surface area contributed by atoms with E-state index in [0.717, 1.165) is 29.6 Å². The van der Waals surface area contributed by atoms with Crippen LogP contribution in [0, 0.1) is 23.7 Å². The van der Waals surface area contributed by atoms with Crippen molar-refractivity contribution >= 4 is 17.1 Å². The lowest BCUT2D eigenvalue weighted by atomic mass is 9.79. The van der Waals surface area contributed by atoms with Crippen LogP contribution < -0.4 is 5.32 Å². The number of fused-ring (bicyclic) bond motifs is 1. The molecule has 1 fully saturated rings. The molecule has 4 heteroatoms. The Morgan fingerprint density at radius 2 is 1.88 bits per heavy atom. The first-order valence-electron chi connectivity index (χ1n) is 12.2. The minimum absolute atomic E-state index is 0.0569. The van der Waals surface area contributed by atoms with Gasteiger partial charge in [-0.1, -0.05) is 49.4 Å². The molecule has 1 aliphatic rings. The highest BCUT2D eigenvalue weighted by atomic mass is 16.2. The Kier molecular flexibility index (Phi) is 6.05. The smallest absolute Gasteiger partial charge is 0.225 e. The van der Waals surface area contributed by atoms with Crippen molar-refractivity contribution in [1.82, 2.24) is 9.72 Å². The first-order chi connectivity index (χ1) is 16.1. The fourth-order valence-corrected chi connectivity index (χ4v) is 6.59. The minimum atomic E-state index is -0.560. The van der Waals surface area contributed by atoms with Gasteiger partial charge in [0.1, 0.15) is 0 Å². The summed E-state index contributed by atoms with van der Waals surface area (Å²) in [6.07, 6.45) is 6.18. The lowest BCUT2D eigenvalue weighted by Gasteiger charge is -2.28. The van der Waals surface area contributed by atoms with Crippen LogP contribution in [-0.4, -0.2) is 16.0 Å². The number of allylic oxidation sites excluding steroid dienone is 1. The van der Waals surface area contributed by atoms with Gasteiger partial charge in [-0.25, -0.2) is 0 Å². The van der Waals surface area contributed by atoms with Crippen molar-refractivity contribution in [2.45, 2.75) is 64.8 Å². The van der Waals surface area contributed by atoms with Crippen molar-refractivity contribution in [2.24, 2.45) is 11.3 Å². The van der Waals surface area contributed by atoms with Crippen LogP contribution in [0.3, 0.4) is 0 Å². The molecule has 0 saturated heterocycles. The van der Waals surface area contributed by atoms with Gasteiger partial charge in [0.2, 0.25) is 5.91 Å². The van der Waals surface area contributed by atoms with E-state index in [0.29, 0.717) is 12.1 Å². The van der Waals surface area contributed by atoms with E-state index >= 15 is 0 Å². The molecule has 2 N–H and O–H groups in total. The normalized spacial score (nSPS) is 24.1. The van der Waals surface area contributed by atoms with Gasteiger partial charge in [-0.2, -0.15) is 0 Å². The van der Waals surface area contributed by atoms with E-state index in [1.54, 1.807) is 0 Å². The molecule has 3 unspecified atom stereocenters. The summed E-state index contributed by atoms with van der Waals surface area (Å²) in [5.41, 5.74) is 3.95. The Hall–Kier alpha value is -3.14. The number of aryl methyl sites for hydroxylation is 1. The van der Waals surface area contributed by atoms with E-state index in [9.17, 15) is 4.79 Å². The SMILES string of the molecule is C=CCC1(CC)C(C(=O)NC(C)(C)c2ccc3c(C)cccn23)C1(CC(C)=N)c1ccccc1. The predicted octanol–water partition coefficient (Wildman–Crippen LogP) is 6.57. The van der Waals surface area contributed by atoms with Crippen LogP contribution >= 0.6 is 0 Å². The van der Waals surface area contributed by atoms with Crippen molar-refractivity contribution in [1.29, 1.82) is 5.41 Å². The molecule has 1 amide bonds. The van der Waals surface area contributed by atoms with Crippen molar-refractivity contribution in [2.75, 3.05) is 0 Å². The highest BCUT2D eigenvalue weighted by Crippen LogP contribution is 2.75. The molecule has 1 saturated carbocycles. The van der Waals surface area contributed by atoms with Crippen LogP contribution in [0.25, 0.3) is 5.52 Å². The summed E-state index contributed by atoms with van der Waals surface area (Å²) in [4.78, 5) is 14.1. The molecule has 1 aliphatic carbocycles. The number of nitrogens with one attached hydrogen (secondary N) is 2. The number of carbonyl (C=O) groups excluding carboxylic acids is 1. The van der Waals surface area contributed by atoms with Crippen molar-refractivity contribution in [3.05, 3.63) is 90.3 Å². The van der Waals surface area contributed by atoms with E-state index in [-0.39, 0.29) is 17.2 Å². The van der Waals surface area contributed by atoms with Crippen LogP contribution in [0.1, 0.15) is 63.8 Å². The standard InChI is InChI=1S/C30H37N3O/c1-7-18-29(8-2)26(30(29,20-22(4)31)23-14-10-9-11-15-23)27(34)32-28(5,6)25-17-16-24-21(3)13-12-19-33(24)25/h7,9-17,19,26,31H,1,8,18,20H2,2-6H3,(H,32,34). The maximum Gasteiger partial charge on any atom is 0.225 e. The van der Waals surface area contributed by atoms with Crippen molar-refractivity contribution in [3.63, 3.8) is 0 Å². The van der Waals surface area contributed by atoms with Crippen molar-refractivity contribution in [3.8, 4) is 0 Å². The van der Waals surface area contributed by atoms with E-state index in [1.165, 1.54) is 5.56 Å². The molecule has 0 spiro atoms. The molecular formula is C30H37N3O. The molecule has 3 aromatic rings. The van der Waals surface area contributed by atoms with Gasteiger partial charge in [-0.05, 0) is 81.7 Å². The zero-order valence-corrected chi connectivity index (χ0v) is 21.1. The van der Waals surface area contributed by atoms with Gasteiger partial charge in [0, 0.05) is 28.5 Å². The third-order valence-corrected chi connectivity index (χ3v) is 8.06. The topological polar surface area (TPSA) is 57.4 Å². The van der Waals surface area contributed by atoms with Crippen LogP contribution in [0.2, 0.25) is 0 Å². The van der Waals surface area contributed by atoms with E-state index in [1.807, 2.05) is 37.3 Å². The first kappa shape index (κ1) is 24.0. The average molecular weight is 456 g/mol. The third kappa shape index (κ3) is 3.51. The fraction of sp³-hybridized carbons (Fsp3) is 0.400. The summed E-state index contributed by atoms with van der Waals surface area (Å²) in [7, 11) is 0. The zero-order valence-electron chi connectivity index (χ0n) is 21.1. The molecule has 4 rings (SSSR count). The van der Waals surface area contributed by atoms with Gasteiger partial charge in [0.05, 0.1) is 11.5 Å². The fourth-order valence-electron chi connectivity index (χ4n) is 6.59. The molecule has 0 radical (unpaired) electrons. The van der Waals surface area contributed by atoms with Gasteiger partial charge in [-0.3, -0.25) is 4.79 Å². The second kappa shape index (κ2) is 8.57. The van der Waals surface area contributed by atoms with E-state index < -0.39 is 11.0 Å². The molecule has 2 aromatic heterocycles. The van der Waals surface area contributed by atoms with E-state index in [4.69, 9.17) is 5.41 Å². The zero-order chi connectivity index (χ0) is 24.7.